The highest BCUT2D eigenvalue weighted by molar-refractivity contribution is 7.11. The molecule has 2 heterocycles. The van der Waals surface area contributed by atoms with Gasteiger partial charge in [-0.05, 0) is 27.2 Å². The molecule has 0 radical (unpaired) electrons. The number of hydrogen-bond acceptors (Lipinski definition) is 5. The Morgan fingerprint density at radius 3 is 2.48 bits per heavy atom. The third kappa shape index (κ3) is 3.67. The molecule has 2 rings (SSSR count). The number of Topliss-reactive ketones (excluding diaryl/α,β-unsaturated/α-hetero) is 1. The van der Waals surface area contributed by atoms with Crippen molar-refractivity contribution < 1.29 is 9.59 Å². The smallest absolute Gasteiger partial charge is 0.292 e. The third-order valence-corrected chi connectivity index (χ3v) is 4.91. The van der Waals surface area contributed by atoms with Gasteiger partial charge in [0.15, 0.2) is 0 Å². The molecule has 0 aromatic carbocycles. The predicted octanol–water partition coefficient (Wildman–Crippen LogP) is 1.91. The summed E-state index contributed by atoms with van der Waals surface area (Å²) in [6.07, 6.45) is 1.54. The zero-order valence-electron chi connectivity index (χ0n) is 14.2. The first-order valence-corrected chi connectivity index (χ1v) is 8.44. The van der Waals surface area contributed by atoms with Crippen LogP contribution in [0.25, 0.3) is 0 Å². The molecule has 0 saturated heterocycles. The summed E-state index contributed by atoms with van der Waals surface area (Å²) in [6.45, 7) is 8.04. The fraction of sp³-hybridized carbons (Fsp3) is 0.500. The van der Waals surface area contributed by atoms with E-state index in [-0.39, 0.29) is 0 Å². The van der Waals surface area contributed by atoms with Crippen LogP contribution >= 0.6 is 11.3 Å². The second kappa shape index (κ2) is 7.04. The first-order valence-electron chi connectivity index (χ1n) is 7.63. The Morgan fingerprint density at radius 2 is 1.96 bits per heavy atom. The van der Waals surface area contributed by atoms with Gasteiger partial charge in [0.25, 0.3) is 11.7 Å². The molecule has 0 bridgehead atoms. The molecular weight excluding hydrogens is 312 g/mol. The van der Waals surface area contributed by atoms with Crippen LogP contribution in [0.2, 0.25) is 0 Å². The van der Waals surface area contributed by atoms with Crippen molar-refractivity contribution in [3.05, 3.63) is 32.5 Å². The number of nitrogens with one attached hydrogen (secondary N) is 1. The van der Waals surface area contributed by atoms with Gasteiger partial charge in [0.1, 0.15) is 0 Å². The van der Waals surface area contributed by atoms with Gasteiger partial charge in [-0.15, -0.1) is 11.3 Å². The van der Waals surface area contributed by atoms with Crippen molar-refractivity contribution in [2.75, 3.05) is 6.54 Å². The van der Waals surface area contributed by atoms with E-state index in [1.54, 1.807) is 36.9 Å². The Balaban J connectivity index is 1.95. The molecule has 2 aromatic rings. The third-order valence-electron chi connectivity index (χ3n) is 3.84. The van der Waals surface area contributed by atoms with Gasteiger partial charge in [-0.3, -0.25) is 14.3 Å². The SMILES string of the molecule is CCc1nc(CCNC(=O)C(=O)c2c(C)nn(C)c2C)sc1C. The van der Waals surface area contributed by atoms with Crippen molar-refractivity contribution in [2.45, 2.75) is 40.5 Å². The number of hydrogen-bond donors (Lipinski definition) is 1. The summed E-state index contributed by atoms with van der Waals surface area (Å²) in [7, 11) is 1.76. The van der Waals surface area contributed by atoms with Crippen LogP contribution in [0.3, 0.4) is 0 Å². The van der Waals surface area contributed by atoms with Crippen LogP contribution in [-0.2, 0) is 24.7 Å². The Labute approximate surface area is 139 Å². The lowest BCUT2D eigenvalue weighted by Gasteiger charge is -2.04. The van der Waals surface area contributed by atoms with Gasteiger partial charge in [0.2, 0.25) is 0 Å². The van der Waals surface area contributed by atoms with Crippen LogP contribution in [0.4, 0.5) is 0 Å². The Kier molecular flexibility index (Phi) is 5.30. The fourth-order valence-electron chi connectivity index (χ4n) is 2.50. The molecule has 0 saturated carbocycles. The van der Waals surface area contributed by atoms with E-state index in [1.165, 1.54) is 4.88 Å². The van der Waals surface area contributed by atoms with Crippen LogP contribution in [0.1, 0.15) is 44.2 Å². The summed E-state index contributed by atoms with van der Waals surface area (Å²) in [5.41, 5.74) is 2.77. The van der Waals surface area contributed by atoms with Gasteiger partial charge in [-0.2, -0.15) is 5.10 Å². The molecule has 1 N–H and O–H groups in total. The van der Waals surface area contributed by atoms with Crippen molar-refractivity contribution in [2.24, 2.45) is 7.05 Å². The van der Waals surface area contributed by atoms with Crippen molar-refractivity contribution in [3.63, 3.8) is 0 Å². The van der Waals surface area contributed by atoms with Gasteiger partial charge in [-0.1, -0.05) is 6.92 Å². The number of carbonyl (C=O) groups excluding carboxylic acids is 2. The summed E-state index contributed by atoms with van der Waals surface area (Å²) in [5, 5.41) is 7.84. The molecule has 6 nitrogen and oxygen atoms in total. The number of rotatable bonds is 6. The van der Waals surface area contributed by atoms with E-state index in [4.69, 9.17) is 0 Å². The summed E-state index contributed by atoms with van der Waals surface area (Å²) in [4.78, 5) is 30.1. The lowest BCUT2D eigenvalue weighted by Crippen LogP contribution is -2.33. The number of ketones is 1. The first kappa shape index (κ1) is 17.3. The molecular formula is C16H22N4O2S. The van der Waals surface area contributed by atoms with E-state index in [0.717, 1.165) is 17.1 Å². The topological polar surface area (TPSA) is 76.9 Å². The molecule has 0 aliphatic rings. The van der Waals surface area contributed by atoms with Crippen LogP contribution < -0.4 is 5.32 Å². The monoisotopic (exact) mass is 334 g/mol. The normalized spacial score (nSPS) is 10.8. The van der Waals surface area contributed by atoms with Gasteiger partial charge >= 0.3 is 0 Å². The van der Waals surface area contributed by atoms with Crippen molar-refractivity contribution in [1.29, 1.82) is 0 Å². The van der Waals surface area contributed by atoms with Gasteiger partial charge in [0.05, 0.1) is 22.0 Å². The fourth-order valence-corrected chi connectivity index (χ4v) is 3.52. The Bertz CT molecular complexity index is 746. The molecule has 23 heavy (non-hydrogen) atoms. The predicted molar refractivity (Wildman–Crippen MR) is 90.0 cm³/mol. The molecule has 0 fully saturated rings. The number of amides is 1. The average molecular weight is 334 g/mol. The summed E-state index contributed by atoms with van der Waals surface area (Å²) < 4.78 is 1.61. The highest BCUT2D eigenvalue weighted by atomic mass is 32.1. The van der Waals surface area contributed by atoms with Gasteiger partial charge in [-0.25, -0.2) is 4.98 Å². The standard InChI is InChI=1S/C16H22N4O2S/c1-6-12-11(4)23-13(18-12)7-8-17-16(22)15(21)14-9(2)19-20(5)10(14)3/h6-8H2,1-5H3,(H,17,22). The summed E-state index contributed by atoms with van der Waals surface area (Å²) in [6, 6.07) is 0. The maximum Gasteiger partial charge on any atom is 0.292 e. The Morgan fingerprint density at radius 1 is 1.26 bits per heavy atom. The van der Waals surface area contributed by atoms with E-state index >= 15 is 0 Å². The Hall–Kier alpha value is -2.02. The lowest BCUT2D eigenvalue weighted by molar-refractivity contribution is -0.116. The quantitative estimate of drug-likeness (QED) is 0.647. The van der Waals surface area contributed by atoms with E-state index in [9.17, 15) is 9.59 Å². The molecule has 7 heteroatoms. The number of aromatic nitrogens is 3. The number of carbonyl (C=O) groups is 2. The molecule has 0 atom stereocenters. The van der Waals surface area contributed by atoms with Crippen LogP contribution in [0.5, 0.6) is 0 Å². The lowest BCUT2D eigenvalue weighted by atomic mass is 10.1. The number of nitrogens with zero attached hydrogens (tertiary/aromatic N) is 3. The largest absolute Gasteiger partial charge is 0.349 e. The van der Waals surface area contributed by atoms with Crippen molar-refractivity contribution in [3.8, 4) is 0 Å². The van der Waals surface area contributed by atoms with Crippen LogP contribution in [-0.4, -0.2) is 33.0 Å². The first-order chi connectivity index (χ1) is 10.8. The number of thiazole rings is 1. The molecule has 2 aromatic heterocycles. The molecule has 0 spiro atoms. The minimum absolute atomic E-state index is 0.392. The molecule has 124 valence electrons. The maximum absolute atomic E-state index is 12.3. The van der Waals surface area contributed by atoms with Gasteiger partial charge in [0, 0.05) is 30.6 Å². The minimum atomic E-state index is -0.590. The van der Waals surface area contributed by atoms with Gasteiger partial charge < -0.3 is 5.32 Å². The second-order valence-corrected chi connectivity index (χ2v) is 6.76. The number of aryl methyl sites for hydroxylation is 4. The maximum atomic E-state index is 12.3. The molecule has 0 aliphatic carbocycles. The van der Waals surface area contributed by atoms with E-state index in [1.807, 2.05) is 0 Å². The average Bonchev–Trinajstić information content (AvgIpc) is 2.98. The van der Waals surface area contributed by atoms with Crippen LogP contribution in [0.15, 0.2) is 0 Å². The molecule has 0 aliphatic heterocycles. The minimum Gasteiger partial charge on any atom is -0.349 e. The van der Waals surface area contributed by atoms with Crippen molar-refractivity contribution >= 4 is 23.0 Å². The van der Waals surface area contributed by atoms with E-state index < -0.39 is 11.7 Å². The molecule has 1 amide bonds. The molecule has 0 unspecified atom stereocenters. The summed E-state index contributed by atoms with van der Waals surface area (Å²) >= 11 is 1.64. The van der Waals surface area contributed by atoms with Crippen molar-refractivity contribution in [1.82, 2.24) is 20.1 Å². The highest BCUT2D eigenvalue weighted by Crippen LogP contribution is 2.18. The second-order valence-electron chi connectivity index (χ2n) is 5.47. The summed E-state index contributed by atoms with van der Waals surface area (Å²) in [5.74, 6) is -1.12. The zero-order chi connectivity index (χ0) is 17.1. The highest BCUT2D eigenvalue weighted by Gasteiger charge is 2.23. The zero-order valence-corrected chi connectivity index (χ0v) is 15.0. The van der Waals surface area contributed by atoms with E-state index in [0.29, 0.717) is 29.9 Å². The van der Waals surface area contributed by atoms with Crippen LogP contribution in [0, 0.1) is 20.8 Å². The van der Waals surface area contributed by atoms with E-state index in [2.05, 4.69) is 29.2 Å².